The molecule has 7 nitrogen and oxygen atoms in total. The number of hydrogen-bond donors (Lipinski definition) is 3. The SMILES string of the molecule is CCCCCCCC/C=C\CCCCCCCC(=O)OCC(CO)OC(=O)CCCCCCC/C=C\CCCCCCCCCC(O)CO. The first-order chi connectivity index (χ1) is 24.0. The smallest absolute Gasteiger partial charge is 0.306 e. The van der Waals surface area contributed by atoms with Gasteiger partial charge in [-0.3, -0.25) is 9.59 Å². The maximum atomic E-state index is 12.2. The molecule has 49 heavy (non-hydrogen) atoms. The summed E-state index contributed by atoms with van der Waals surface area (Å²) < 4.78 is 10.6. The summed E-state index contributed by atoms with van der Waals surface area (Å²) in [6.45, 7) is 1.70. The number of rotatable bonds is 38. The molecule has 0 fully saturated rings. The quantitative estimate of drug-likeness (QED) is 0.0335. The molecule has 7 heteroatoms. The zero-order chi connectivity index (χ0) is 35.9. The van der Waals surface area contributed by atoms with E-state index in [4.69, 9.17) is 14.6 Å². The molecule has 0 spiro atoms. The second-order valence-electron chi connectivity index (χ2n) is 14.0. The summed E-state index contributed by atoms with van der Waals surface area (Å²) in [6, 6.07) is 0. The summed E-state index contributed by atoms with van der Waals surface area (Å²) in [4.78, 5) is 24.3. The summed E-state index contributed by atoms with van der Waals surface area (Å²) in [5.74, 6) is -0.633. The average Bonchev–Trinajstić information content (AvgIpc) is 3.10. The fourth-order valence-electron chi connectivity index (χ4n) is 5.88. The van der Waals surface area contributed by atoms with Crippen LogP contribution < -0.4 is 0 Å². The zero-order valence-corrected chi connectivity index (χ0v) is 31.8. The van der Waals surface area contributed by atoms with E-state index in [1.807, 2.05) is 0 Å². The molecular formula is C42H78O7. The van der Waals surface area contributed by atoms with Crippen molar-refractivity contribution in [3.63, 3.8) is 0 Å². The van der Waals surface area contributed by atoms with Gasteiger partial charge in [-0.05, 0) is 70.6 Å². The van der Waals surface area contributed by atoms with E-state index < -0.39 is 12.2 Å². The molecule has 0 aliphatic carbocycles. The van der Waals surface area contributed by atoms with Gasteiger partial charge < -0.3 is 24.8 Å². The van der Waals surface area contributed by atoms with Crippen LogP contribution in [0.2, 0.25) is 0 Å². The lowest BCUT2D eigenvalue weighted by molar-refractivity contribution is -0.161. The van der Waals surface area contributed by atoms with Crippen molar-refractivity contribution in [1.82, 2.24) is 0 Å². The number of ether oxygens (including phenoxy) is 2. The minimum Gasteiger partial charge on any atom is -0.462 e. The summed E-state index contributed by atoms with van der Waals surface area (Å²) in [6.07, 6.45) is 40.9. The Morgan fingerprint density at radius 3 is 1.33 bits per heavy atom. The highest BCUT2D eigenvalue weighted by molar-refractivity contribution is 5.70. The first kappa shape index (κ1) is 47.3. The summed E-state index contributed by atoms with van der Waals surface area (Å²) >= 11 is 0. The summed E-state index contributed by atoms with van der Waals surface area (Å²) in [5.41, 5.74) is 0. The van der Waals surface area contributed by atoms with Gasteiger partial charge in [-0.25, -0.2) is 0 Å². The van der Waals surface area contributed by atoms with Crippen LogP contribution in [0.4, 0.5) is 0 Å². The van der Waals surface area contributed by atoms with E-state index >= 15 is 0 Å². The second kappa shape index (κ2) is 39.1. The third-order valence-electron chi connectivity index (χ3n) is 9.11. The second-order valence-corrected chi connectivity index (χ2v) is 14.0. The van der Waals surface area contributed by atoms with Crippen LogP contribution in [0, 0.1) is 0 Å². The van der Waals surface area contributed by atoms with Crippen LogP contribution in [-0.4, -0.2) is 59.3 Å². The van der Waals surface area contributed by atoms with Gasteiger partial charge in [0.25, 0.3) is 0 Å². The van der Waals surface area contributed by atoms with Gasteiger partial charge in [-0.1, -0.05) is 140 Å². The molecule has 3 N–H and O–H groups in total. The maximum Gasteiger partial charge on any atom is 0.306 e. The highest BCUT2D eigenvalue weighted by Crippen LogP contribution is 2.13. The van der Waals surface area contributed by atoms with Gasteiger partial charge in [0.05, 0.1) is 19.3 Å². The van der Waals surface area contributed by atoms with Gasteiger partial charge in [-0.15, -0.1) is 0 Å². The molecule has 0 amide bonds. The van der Waals surface area contributed by atoms with E-state index in [0.29, 0.717) is 19.3 Å². The Bertz CT molecular complexity index is 766. The molecule has 0 aromatic rings. The Kier molecular flexibility index (Phi) is 37.7. The van der Waals surface area contributed by atoms with Crippen molar-refractivity contribution in [2.75, 3.05) is 19.8 Å². The highest BCUT2D eigenvalue weighted by atomic mass is 16.6. The van der Waals surface area contributed by atoms with Crippen LogP contribution in [0.25, 0.3) is 0 Å². The molecule has 0 aromatic carbocycles. The van der Waals surface area contributed by atoms with Crippen molar-refractivity contribution in [2.45, 2.75) is 212 Å². The standard InChI is InChI=1S/C42H78O7/c1-2-3-4-5-6-7-8-9-12-16-19-22-25-28-31-34-41(46)48-38-40(37-44)49-42(47)35-32-29-26-23-20-17-14-11-10-13-15-18-21-24-27-30-33-39(45)36-43/h9,11-12,14,39-40,43-45H,2-8,10,13,15-38H2,1H3/b12-9-,14-11-. The van der Waals surface area contributed by atoms with Gasteiger partial charge in [-0.2, -0.15) is 0 Å². The molecule has 0 rings (SSSR count). The van der Waals surface area contributed by atoms with E-state index in [1.165, 1.54) is 96.3 Å². The lowest BCUT2D eigenvalue weighted by atomic mass is 10.1. The Balaban J connectivity index is 3.55. The van der Waals surface area contributed by atoms with Crippen molar-refractivity contribution in [3.05, 3.63) is 24.3 Å². The van der Waals surface area contributed by atoms with E-state index in [2.05, 4.69) is 31.2 Å². The fraction of sp³-hybridized carbons (Fsp3) is 0.857. The molecular weight excluding hydrogens is 616 g/mol. The highest BCUT2D eigenvalue weighted by Gasteiger charge is 2.16. The van der Waals surface area contributed by atoms with Gasteiger partial charge in [0, 0.05) is 12.8 Å². The van der Waals surface area contributed by atoms with E-state index in [9.17, 15) is 19.8 Å². The number of esters is 2. The van der Waals surface area contributed by atoms with Crippen LogP contribution >= 0.6 is 0 Å². The van der Waals surface area contributed by atoms with E-state index in [-0.39, 0.29) is 31.8 Å². The first-order valence-electron chi connectivity index (χ1n) is 20.6. The van der Waals surface area contributed by atoms with E-state index in [0.717, 1.165) is 77.0 Å². The fourth-order valence-corrected chi connectivity index (χ4v) is 5.88. The third kappa shape index (κ3) is 37.4. The molecule has 288 valence electrons. The third-order valence-corrected chi connectivity index (χ3v) is 9.11. The average molecular weight is 695 g/mol. The molecule has 0 heterocycles. The minimum atomic E-state index is -0.791. The molecule has 2 atom stereocenters. The number of carbonyl (C=O) groups excluding carboxylic acids is 2. The predicted molar refractivity (Wildman–Crippen MR) is 203 cm³/mol. The van der Waals surface area contributed by atoms with Gasteiger partial charge >= 0.3 is 11.9 Å². The number of aliphatic hydroxyl groups excluding tert-OH is 3. The van der Waals surface area contributed by atoms with Crippen molar-refractivity contribution in [1.29, 1.82) is 0 Å². The Labute approximate surface area is 301 Å². The molecule has 0 saturated carbocycles. The van der Waals surface area contributed by atoms with Crippen molar-refractivity contribution >= 4 is 11.9 Å². The number of allylic oxidation sites excluding steroid dienone is 4. The zero-order valence-electron chi connectivity index (χ0n) is 31.8. The van der Waals surface area contributed by atoms with Crippen molar-refractivity contribution < 1.29 is 34.4 Å². The molecule has 0 bridgehead atoms. The summed E-state index contributed by atoms with van der Waals surface area (Å²) in [7, 11) is 0. The Hall–Kier alpha value is -1.70. The maximum absolute atomic E-state index is 12.2. The van der Waals surface area contributed by atoms with Crippen molar-refractivity contribution in [3.8, 4) is 0 Å². The van der Waals surface area contributed by atoms with Gasteiger partial charge in [0.15, 0.2) is 6.10 Å². The normalized spacial score (nSPS) is 13.0. The van der Waals surface area contributed by atoms with E-state index in [1.54, 1.807) is 0 Å². The van der Waals surface area contributed by atoms with Gasteiger partial charge in [0.1, 0.15) is 6.61 Å². The number of hydrogen-bond acceptors (Lipinski definition) is 7. The largest absolute Gasteiger partial charge is 0.462 e. The molecule has 0 aromatic heterocycles. The number of carbonyl (C=O) groups is 2. The minimum absolute atomic E-state index is 0.0845. The van der Waals surface area contributed by atoms with Crippen LogP contribution in [0.15, 0.2) is 24.3 Å². The first-order valence-corrected chi connectivity index (χ1v) is 20.6. The lowest BCUT2D eigenvalue weighted by Gasteiger charge is -2.15. The van der Waals surface area contributed by atoms with Crippen LogP contribution in [-0.2, 0) is 19.1 Å². The number of aliphatic hydroxyl groups is 3. The number of unbranched alkanes of at least 4 members (excludes halogenated alkanes) is 23. The molecule has 2 unspecified atom stereocenters. The predicted octanol–water partition coefficient (Wildman–Crippen LogP) is 10.6. The Morgan fingerprint density at radius 1 is 0.510 bits per heavy atom. The molecule has 0 aliphatic heterocycles. The van der Waals surface area contributed by atoms with Crippen LogP contribution in [0.3, 0.4) is 0 Å². The molecule has 0 saturated heterocycles. The lowest BCUT2D eigenvalue weighted by Crippen LogP contribution is -2.28. The monoisotopic (exact) mass is 695 g/mol. The van der Waals surface area contributed by atoms with Gasteiger partial charge in [0.2, 0.25) is 0 Å². The summed E-state index contributed by atoms with van der Waals surface area (Å²) in [5, 5.41) is 27.7. The Morgan fingerprint density at radius 2 is 0.898 bits per heavy atom. The van der Waals surface area contributed by atoms with Crippen molar-refractivity contribution in [2.24, 2.45) is 0 Å². The molecule has 0 radical (unpaired) electrons. The van der Waals surface area contributed by atoms with Crippen LogP contribution in [0.5, 0.6) is 0 Å². The van der Waals surface area contributed by atoms with Crippen LogP contribution in [0.1, 0.15) is 200 Å². The topological polar surface area (TPSA) is 113 Å². The molecule has 0 aliphatic rings.